The molecule has 1 aliphatic carbocycles. The van der Waals surface area contributed by atoms with Crippen LogP contribution in [0.15, 0.2) is 72.2 Å². The number of ether oxygens (including phenoxy) is 2. The van der Waals surface area contributed by atoms with E-state index in [-0.39, 0.29) is 24.8 Å². The highest BCUT2D eigenvalue weighted by molar-refractivity contribution is 6.56. The Bertz CT molecular complexity index is 1350. The van der Waals surface area contributed by atoms with Crippen LogP contribution in [-0.2, 0) is 14.0 Å². The van der Waals surface area contributed by atoms with E-state index in [1.807, 2.05) is 52.0 Å². The number of rotatable bonds is 7. The van der Waals surface area contributed by atoms with Crippen LogP contribution in [0.5, 0.6) is 11.5 Å². The summed E-state index contributed by atoms with van der Waals surface area (Å²) in [4.78, 5) is 12.9. The Hall–Kier alpha value is -3.75. The molecule has 3 aromatic carbocycles. The molecule has 0 unspecified atom stereocenters. The summed E-state index contributed by atoms with van der Waals surface area (Å²) in [6.45, 7) is 8.19. The smallest absolute Gasteiger partial charge is 0.492 e. The molecule has 1 fully saturated rings. The summed E-state index contributed by atoms with van der Waals surface area (Å²) in [6, 6.07) is 21.5. The summed E-state index contributed by atoms with van der Waals surface area (Å²) in [5.41, 5.74) is 4.71. The third kappa shape index (κ3) is 5.27. The Morgan fingerprint density at radius 3 is 2.13 bits per heavy atom. The molecule has 1 aliphatic heterocycles. The molecule has 3 aromatic rings. The van der Waals surface area contributed by atoms with Crippen molar-refractivity contribution in [3.05, 3.63) is 88.9 Å². The van der Waals surface area contributed by atoms with Gasteiger partial charge in [-0.2, -0.15) is 0 Å². The van der Waals surface area contributed by atoms with Gasteiger partial charge in [0.25, 0.3) is 0 Å². The van der Waals surface area contributed by atoms with Gasteiger partial charge in [-0.15, -0.1) is 0 Å². The standard InChI is InChI=1S/C31H34BNO6/c1-30(2)31(3,4)39-32(38-30)21(16-20-14-15-22(36-5)17-28(20)34)18-33-29(35)37-19-27-25-12-8-6-10-23(25)24-11-7-9-13-26(24)27/h6-17,27,34H,18-19H2,1-5H3,(H,33,35). The van der Waals surface area contributed by atoms with Gasteiger partial charge < -0.3 is 29.2 Å². The van der Waals surface area contributed by atoms with Crippen LogP contribution in [-0.4, -0.2) is 49.8 Å². The van der Waals surface area contributed by atoms with Crippen molar-refractivity contribution in [3.63, 3.8) is 0 Å². The average Bonchev–Trinajstić information content (AvgIpc) is 3.35. The Kier molecular flexibility index (Phi) is 7.18. The van der Waals surface area contributed by atoms with Crippen molar-refractivity contribution in [3.8, 4) is 22.6 Å². The largest absolute Gasteiger partial charge is 0.507 e. The molecule has 0 aromatic heterocycles. The average molecular weight is 527 g/mol. The predicted molar refractivity (Wildman–Crippen MR) is 152 cm³/mol. The summed E-state index contributed by atoms with van der Waals surface area (Å²) < 4.78 is 23.4. The summed E-state index contributed by atoms with van der Waals surface area (Å²) in [5.74, 6) is 0.556. The summed E-state index contributed by atoms with van der Waals surface area (Å²) in [7, 11) is 0.823. The quantitative estimate of drug-likeness (QED) is 0.369. The number of aromatic hydroxyl groups is 1. The van der Waals surface area contributed by atoms with Crippen molar-refractivity contribution < 1.29 is 28.7 Å². The lowest BCUT2D eigenvalue weighted by Gasteiger charge is -2.32. The zero-order valence-corrected chi connectivity index (χ0v) is 23.0. The second-order valence-corrected chi connectivity index (χ2v) is 10.9. The lowest BCUT2D eigenvalue weighted by Crippen LogP contribution is -2.41. The molecule has 0 atom stereocenters. The van der Waals surface area contributed by atoms with Gasteiger partial charge in [0.05, 0.1) is 18.3 Å². The van der Waals surface area contributed by atoms with Crippen LogP contribution in [0, 0.1) is 0 Å². The van der Waals surface area contributed by atoms with Gasteiger partial charge in [-0.25, -0.2) is 4.79 Å². The van der Waals surface area contributed by atoms with Crippen LogP contribution in [0.25, 0.3) is 17.2 Å². The van der Waals surface area contributed by atoms with E-state index in [1.54, 1.807) is 25.3 Å². The van der Waals surface area contributed by atoms with Gasteiger partial charge in [0, 0.05) is 24.1 Å². The first-order valence-electron chi connectivity index (χ1n) is 13.1. The number of nitrogens with one attached hydrogen (secondary N) is 1. The molecule has 1 saturated heterocycles. The van der Waals surface area contributed by atoms with Crippen LogP contribution < -0.4 is 10.1 Å². The van der Waals surface area contributed by atoms with E-state index in [4.69, 9.17) is 18.8 Å². The van der Waals surface area contributed by atoms with Gasteiger partial charge in [0.15, 0.2) is 0 Å². The fourth-order valence-corrected chi connectivity index (χ4v) is 4.99. The summed E-state index contributed by atoms with van der Waals surface area (Å²) in [5, 5.41) is 13.4. The van der Waals surface area contributed by atoms with E-state index in [0.29, 0.717) is 16.8 Å². The van der Waals surface area contributed by atoms with Crippen molar-refractivity contribution in [2.75, 3.05) is 20.3 Å². The minimum Gasteiger partial charge on any atom is -0.507 e. The Labute approximate surface area is 229 Å². The highest BCUT2D eigenvalue weighted by atomic mass is 16.7. The second-order valence-electron chi connectivity index (χ2n) is 10.9. The lowest BCUT2D eigenvalue weighted by atomic mass is 9.77. The zero-order chi connectivity index (χ0) is 27.8. The Balaban J connectivity index is 1.31. The van der Waals surface area contributed by atoms with Crippen LogP contribution in [0.3, 0.4) is 0 Å². The van der Waals surface area contributed by atoms with E-state index in [0.717, 1.165) is 11.1 Å². The minimum atomic E-state index is -0.717. The maximum absolute atomic E-state index is 12.9. The zero-order valence-electron chi connectivity index (χ0n) is 23.0. The number of phenols is 1. The number of hydrogen-bond acceptors (Lipinski definition) is 6. The summed E-state index contributed by atoms with van der Waals surface area (Å²) in [6.07, 6.45) is 1.22. The van der Waals surface area contributed by atoms with Crippen LogP contribution >= 0.6 is 0 Å². The molecule has 1 heterocycles. The van der Waals surface area contributed by atoms with Crippen molar-refractivity contribution in [2.24, 2.45) is 0 Å². The first-order chi connectivity index (χ1) is 18.6. The number of carbonyl (C=O) groups excluding carboxylic acids is 1. The number of fused-ring (bicyclic) bond motifs is 3. The molecule has 2 N–H and O–H groups in total. The summed E-state index contributed by atoms with van der Waals surface area (Å²) >= 11 is 0. The molecule has 0 spiro atoms. The highest BCUT2D eigenvalue weighted by Crippen LogP contribution is 2.44. The fraction of sp³-hybridized carbons (Fsp3) is 0.323. The van der Waals surface area contributed by atoms with E-state index in [1.165, 1.54) is 17.2 Å². The SMILES string of the molecule is COc1ccc(C=C(CNC(=O)OCC2c3ccccc3-c3ccccc32)B2OC(C)(C)C(C)(C)O2)c(O)c1. The van der Waals surface area contributed by atoms with Crippen molar-refractivity contribution >= 4 is 19.3 Å². The monoisotopic (exact) mass is 527 g/mol. The number of alkyl carbamates (subject to hydrolysis) is 1. The number of amides is 1. The van der Waals surface area contributed by atoms with Crippen LogP contribution in [0.2, 0.25) is 0 Å². The maximum atomic E-state index is 12.9. The molecule has 0 radical (unpaired) electrons. The number of methoxy groups -OCH3 is 1. The minimum absolute atomic E-state index is 0.0301. The molecule has 5 rings (SSSR count). The van der Waals surface area contributed by atoms with Gasteiger partial charge in [0.2, 0.25) is 0 Å². The molecule has 1 amide bonds. The lowest BCUT2D eigenvalue weighted by molar-refractivity contribution is 0.00578. The van der Waals surface area contributed by atoms with E-state index in [9.17, 15) is 9.90 Å². The highest BCUT2D eigenvalue weighted by Gasteiger charge is 2.52. The van der Waals surface area contributed by atoms with Gasteiger partial charge in [-0.1, -0.05) is 54.6 Å². The van der Waals surface area contributed by atoms with Crippen molar-refractivity contribution in [2.45, 2.75) is 44.8 Å². The molecule has 2 aliphatic rings. The van der Waals surface area contributed by atoms with Crippen molar-refractivity contribution in [1.29, 1.82) is 0 Å². The normalized spacial score (nSPS) is 17.5. The second kappa shape index (κ2) is 10.4. The Morgan fingerprint density at radius 1 is 0.974 bits per heavy atom. The first kappa shape index (κ1) is 26.8. The third-order valence-electron chi connectivity index (χ3n) is 7.92. The van der Waals surface area contributed by atoms with E-state index < -0.39 is 24.4 Å². The number of benzene rings is 3. The molecule has 0 saturated carbocycles. The number of phenolic OH excluding ortho intramolecular Hbond substituents is 1. The first-order valence-corrected chi connectivity index (χ1v) is 13.1. The van der Waals surface area contributed by atoms with E-state index >= 15 is 0 Å². The topological polar surface area (TPSA) is 86.3 Å². The molecule has 8 heteroatoms. The van der Waals surface area contributed by atoms with Crippen LogP contribution in [0.4, 0.5) is 4.79 Å². The number of hydrogen-bond donors (Lipinski definition) is 2. The van der Waals surface area contributed by atoms with E-state index in [2.05, 4.69) is 29.6 Å². The third-order valence-corrected chi connectivity index (χ3v) is 7.92. The molecular formula is C31H34BNO6. The van der Waals surface area contributed by atoms with Crippen LogP contribution in [0.1, 0.15) is 50.3 Å². The predicted octanol–water partition coefficient (Wildman–Crippen LogP) is 5.95. The van der Waals surface area contributed by atoms with Gasteiger partial charge in [-0.3, -0.25) is 0 Å². The molecule has 202 valence electrons. The molecule has 39 heavy (non-hydrogen) atoms. The molecular weight excluding hydrogens is 493 g/mol. The van der Waals surface area contributed by atoms with Gasteiger partial charge in [-0.05, 0) is 67.6 Å². The number of carbonyl (C=O) groups is 1. The van der Waals surface area contributed by atoms with Gasteiger partial charge in [0.1, 0.15) is 18.1 Å². The maximum Gasteiger partial charge on any atom is 0.492 e. The Morgan fingerprint density at radius 2 is 1.56 bits per heavy atom. The van der Waals surface area contributed by atoms with Gasteiger partial charge >= 0.3 is 13.2 Å². The fourth-order valence-electron chi connectivity index (χ4n) is 4.99. The molecule has 0 bridgehead atoms. The van der Waals surface area contributed by atoms with Crippen molar-refractivity contribution in [1.82, 2.24) is 5.32 Å². The molecule has 7 nitrogen and oxygen atoms in total.